The molecule has 1 amide bonds. The molecule has 3 rings (SSSR count). The number of carbonyl (C=O) groups is 2. The number of hydrogen-bond donors (Lipinski definition) is 2. The van der Waals surface area contributed by atoms with E-state index in [1.54, 1.807) is 24.3 Å². The second kappa shape index (κ2) is 10.5. The van der Waals surface area contributed by atoms with Crippen molar-refractivity contribution in [2.45, 2.75) is 19.1 Å². The van der Waals surface area contributed by atoms with E-state index in [0.29, 0.717) is 5.69 Å². The van der Waals surface area contributed by atoms with Crippen LogP contribution in [0.2, 0.25) is 0 Å². The highest BCUT2D eigenvalue weighted by atomic mass is 16.5. The van der Waals surface area contributed by atoms with Crippen molar-refractivity contribution in [1.82, 2.24) is 5.32 Å². The van der Waals surface area contributed by atoms with Gasteiger partial charge < -0.3 is 15.2 Å². The second-order valence-corrected chi connectivity index (χ2v) is 6.50. The molecule has 3 aromatic carbocycles. The molecule has 0 aliphatic carbocycles. The number of amides is 1. The molecule has 0 unspecified atom stereocenters. The Hall–Kier alpha value is -4.00. The van der Waals surface area contributed by atoms with Gasteiger partial charge in [0.1, 0.15) is 12.6 Å². The number of nitrogens with zero attached hydrogens (tertiary/aromatic N) is 2. The molecule has 152 valence electrons. The smallest absolute Gasteiger partial charge is 0.408 e. The van der Waals surface area contributed by atoms with E-state index in [4.69, 9.17) is 4.74 Å². The molecule has 0 saturated carbocycles. The molecule has 0 fully saturated rings. The van der Waals surface area contributed by atoms with E-state index in [1.807, 2.05) is 60.7 Å². The highest BCUT2D eigenvalue weighted by molar-refractivity contribution is 5.80. The molecule has 0 aliphatic heterocycles. The minimum absolute atomic E-state index is 0.0696. The van der Waals surface area contributed by atoms with Gasteiger partial charge in [0.2, 0.25) is 0 Å². The summed E-state index contributed by atoms with van der Waals surface area (Å²) in [6.07, 6.45) is -0.661. The van der Waals surface area contributed by atoms with Gasteiger partial charge in [-0.05, 0) is 35.4 Å². The average Bonchev–Trinajstić information content (AvgIpc) is 2.78. The highest BCUT2D eigenvalue weighted by Crippen LogP contribution is 2.19. The second-order valence-electron chi connectivity index (χ2n) is 6.50. The maximum absolute atomic E-state index is 12.0. The molecule has 0 bridgehead atoms. The van der Waals surface area contributed by atoms with E-state index in [-0.39, 0.29) is 13.0 Å². The Kier molecular flexibility index (Phi) is 7.27. The zero-order chi connectivity index (χ0) is 21.2. The number of carboxylic acid groups (broad SMARTS) is 1. The largest absolute Gasteiger partial charge is 0.480 e. The number of aliphatic carboxylic acids is 1. The molecule has 7 nitrogen and oxygen atoms in total. The van der Waals surface area contributed by atoms with Crippen LogP contribution in [0.15, 0.2) is 95.2 Å². The van der Waals surface area contributed by atoms with Gasteiger partial charge in [-0.25, -0.2) is 9.59 Å². The van der Waals surface area contributed by atoms with Crippen molar-refractivity contribution in [3.05, 3.63) is 96.1 Å². The van der Waals surface area contributed by atoms with Gasteiger partial charge in [-0.2, -0.15) is 10.2 Å². The monoisotopic (exact) mass is 403 g/mol. The molecule has 30 heavy (non-hydrogen) atoms. The molecular formula is C23H21N3O4. The third kappa shape index (κ3) is 6.56. The van der Waals surface area contributed by atoms with Crippen LogP contribution in [-0.2, 0) is 22.6 Å². The van der Waals surface area contributed by atoms with Gasteiger partial charge in [-0.1, -0.05) is 60.7 Å². The minimum Gasteiger partial charge on any atom is -0.480 e. The Balaban J connectivity index is 1.54. The van der Waals surface area contributed by atoms with Crippen molar-refractivity contribution in [2.24, 2.45) is 10.2 Å². The number of nitrogens with one attached hydrogen (secondary N) is 1. The third-order valence-electron chi connectivity index (χ3n) is 4.22. The Bertz CT molecular complexity index is 990. The fourth-order valence-corrected chi connectivity index (χ4v) is 2.65. The molecule has 0 heterocycles. The predicted molar refractivity (Wildman–Crippen MR) is 112 cm³/mol. The summed E-state index contributed by atoms with van der Waals surface area (Å²) in [6, 6.07) is 24.4. The fourth-order valence-electron chi connectivity index (χ4n) is 2.65. The number of azo groups is 1. The van der Waals surface area contributed by atoms with Gasteiger partial charge in [0.15, 0.2) is 0 Å². The van der Waals surface area contributed by atoms with Crippen LogP contribution in [0.25, 0.3) is 0 Å². The molecule has 3 aromatic rings. The predicted octanol–water partition coefficient (Wildman–Crippen LogP) is 5.02. The van der Waals surface area contributed by atoms with Crippen molar-refractivity contribution < 1.29 is 19.4 Å². The third-order valence-corrected chi connectivity index (χ3v) is 4.22. The summed E-state index contributed by atoms with van der Waals surface area (Å²) in [5.41, 5.74) is 2.94. The quantitative estimate of drug-likeness (QED) is 0.516. The maximum atomic E-state index is 12.0. The summed E-state index contributed by atoms with van der Waals surface area (Å²) in [6.45, 7) is 0.0696. The standard InChI is InChI=1S/C23H21N3O4/c27-22(28)21(24-23(29)30-16-18-7-3-1-4-8-18)15-17-11-13-20(14-12-17)26-25-19-9-5-2-6-10-19/h1-14,21H,15-16H2,(H,24,29)(H,27,28)/t21-/m0/s1. The van der Waals surface area contributed by atoms with Crippen molar-refractivity contribution in [2.75, 3.05) is 0 Å². The number of carboxylic acids is 1. The van der Waals surface area contributed by atoms with E-state index in [0.717, 1.165) is 16.8 Å². The summed E-state index contributed by atoms with van der Waals surface area (Å²) >= 11 is 0. The first-order valence-electron chi connectivity index (χ1n) is 9.36. The fraction of sp³-hybridized carbons (Fsp3) is 0.130. The van der Waals surface area contributed by atoms with Crippen molar-refractivity contribution in [3.8, 4) is 0 Å². The molecule has 0 radical (unpaired) electrons. The van der Waals surface area contributed by atoms with E-state index < -0.39 is 18.1 Å². The van der Waals surface area contributed by atoms with Gasteiger partial charge in [-0.3, -0.25) is 0 Å². The Morgan fingerprint density at radius 1 is 0.800 bits per heavy atom. The Morgan fingerprint density at radius 3 is 1.97 bits per heavy atom. The van der Waals surface area contributed by atoms with Gasteiger partial charge in [0, 0.05) is 6.42 Å². The van der Waals surface area contributed by atoms with E-state index in [2.05, 4.69) is 15.5 Å². The van der Waals surface area contributed by atoms with E-state index in [1.165, 1.54) is 0 Å². The van der Waals surface area contributed by atoms with Gasteiger partial charge in [-0.15, -0.1) is 0 Å². The Labute approximate surface area is 174 Å². The number of benzene rings is 3. The van der Waals surface area contributed by atoms with E-state index in [9.17, 15) is 14.7 Å². The van der Waals surface area contributed by atoms with Crippen molar-refractivity contribution >= 4 is 23.4 Å². The maximum Gasteiger partial charge on any atom is 0.408 e. The lowest BCUT2D eigenvalue weighted by Gasteiger charge is -2.15. The summed E-state index contributed by atoms with van der Waals surface area (Å²) in [4.78, 5) is 23.5. The SMILES string of the molecule is O=C(N[C@@H](Cc1ccc(N=Nc2ccccc2)cc1)C(=O)O)OCc1ccccc1. The van der Waals surface area contributed by atoms with Crippen LogP contribution in [0.5, 0.6) is 0 Å². The molecule has 0 spiro atoms. The van der Waals surface area contributed by atoms with Crippen LogP contribution >= 0.6 is 0 Å². The molecule has 7 heteroatoms. The first-order chi connectivity index (χ1) is 14.6. The van der Waals surface area contributed by atoms with Crippen molar-refractivity contribution in [3.63, 3.8) is 0 Å². The van der Waals surface area contributed by atoms with Gasteiger partial charge in [0.25, 0.3) is 0 Å². The lowest BCUT2D eigenvalue weighted by Crippen LogP contribution is -2.42. The molecule has 1 atom stereocenters. The summed E-state index contributed by atoms with van der Waals surface area (Å²) in [7, 11) is 0. The van der Waals surface area contributed by atoms with Crippen LogP contribution in [0, 0.1) is 0 Å². The first-order valence-corrected chi connectivity index (χ1v) is 9.36. The molecule has 0 aromatic heterocycles. The number of carbonyl (C=O) groups excluding carboxylic acids is 1. The summed E-state index contributed by atoms with van der Waals surface area (Å²) in [5, 5.41) is 20.1. The molecule has 0 saturated heterocycles. The number of ether oxygens (including phenoxy) is 1. The molecule has 0 aliphatic rings. The number of alkyl carbamates (subject to hydrolysis) is 1. The average molecular weight is 403 g/mol. The molecule has 2 N–H and O–H groups in total. The van der Waals surface area contributed by atoms with Crippen LogP contribution in [0.3, 0.4) is 0 Å². The number of rotatable bonds is 8. The van der Waals surface area contributed by atoms with Crippen LogP contribution in [0.1, 0.15) is 11.1 Å². The van der Waals surface area contributed by atoms with Gasteiger partial charge in [0.05, 0.1) is 11.4 Å². The van der Waals surface area contributed by atoms with Crippen LogP contribution < -0.4 is 5.32 Å². The molecular weight excluding hydrogens is 382 g/mol. The van der Waals surface area contributed by atoms with Gasteiger partial charge >= 0.3 is 12.1 Å². The normalized spacial score (nSPS) is 11.7. The lowest BCUT2D eigenvalue weighted by molar-refractivity contribution is -0.139. The summed E-state index contributed by atoms with van der Waals surface area (Å²) < 4.78 is 5.10. The number of hydrogen-bond acceptors (Lipinski definition) is 5. The van der Waals surface area contributed by atoms with Crippen molar-refractivity contribution in [1.29, 1.82) is 0 Å². The zero-order valence-electron chi connectivity index (χ0n) is 16.1. The summed E-state index contributed by atoms with van der Waals surface area (Å²) in [5.74, 6) is -1.14. The Morgan fingerprint density at radius 2 is 1.37 bits per heavy atom. The van der Waals surface area contributed by atoms with Crippen LogP contribution in [-0.4, -0.2) is 23.2 Å². The first kappa shape index (κ1) is 20.7. The lowest BCUT2D eigenvalue weighted by atomic mass is 10.1. The topological polar surface area (TPSA) is 100 Å². The van der Waals surface area contributed by atoms with Crippen LogP contribution in [0.4, 0.5) is 16.2 Å². The van der Waals surface area contributed by atoms with E-state index >= 15 is 0 Å². The highest BCUT2D eigenvalue weighted by Gasteiger charge is 2.21. The minimum atomic E-state index is -1.14. The zero-order valence-corrected chi connectivity index (χ0v) is 16.1.